The molecule has 3 heteroatoms. The fourth-order valence-electron chi connectivity index (χ4n) is 2.30. The van der Waals surface area contributed by atoms with Crippen LogP contribution in [0.5, 0.6) is 0 Å². The molecule has 0 aromatic heterocycles. The Morgan fingerprint density at radius 2 is 2.20 bits per heavy atom. The molecular weight excluding hydrogens is 188 g/mol. The fourth-order valence-corrected chi connectivity index (χ4v) is 2.30. The van der Waals surface area contributed by atoms with Crippen molar-refractivity contribution in [2.45, 2.75) is 58.5 Å². The summed E-state index contributed by atoms with van der Waals surface area (Å²) in [4.78, 5) is 14.0. The van der Waals surface area contributed by atoms with Crippen molar-refractivity contribution in [1.82, 2.24) is 4.90 Å². The summed E-state index contributed by atoms with van der Waals surface area (Å²) in [5, 5.41) is 0. The van der Waals surface area contributed by atoms with Gasteiger partial charge in [0.15, 0.2) is 0 Å². The molecule has 0 radical (unpaired) electrons. The van der Waals surface area contributed by atoms with Crippen LogP contribution in [0.2, 0.25) is 0 Å². The number of carbonyl (C=O) groups excluding carboxylic acids is 1. The number of carbonyl (C=O) groups is 1. The van der Waals surface area contributed by atoms with Gasteiger partial charge in [-0.05, 0) is 31.6 Å². The van der Waals surface area contributed by atoms with Gasteiger partial charge in [-0.25, -0.2) is 0 Å². The minimum Gasteiger partial charge on any atom is -0.338 e. The third-order valence-corrected chi connectivity index (χ3v) is 3.16. The number of nitrogens with two attached hydrogens (primary N) is 1. The molecule has 1 aliphatic heterocycles. The van der Waals surface area contributed by atoms with Crippen LogP contribution in [0.3, 0.4) is 0 Å². The zero-order valence-corrected chi connectivity index (χ0v) is 10.2. The van der Waals surface area contributed by atoms with Crippen molar-refractivity contribution >= 4 is 5.91 Å². The Bertz CT molecular complexity index is 216. The highest BCUT2D eigenvalue weighted by Crippen LogP contribution is 2.24. The van der Waals surface area contributed by atoms with Gasteiger partial charge in [-0.15, -0.1) is 0 Å². The Balaban J connectivity index is 2.55. The topological polar surface area (TPSA) is 46.3 Å². The summed E-state index contributed by atoms with van der Waals surface area (Å²) < 4.78 is 0. The van der Waals surface area contributed by atoms with Crippen LogP contribution in [0.15, 0.2) is 0 Å². The Kier molecular flexibility index (Phi) is 4.58. The van der Waals surface area contributed by atoms with E-state index >= 15 is 0 Å². The number of likely N-dealkylation sites (tertiary alicyclic amines) is 1. The third-order valence-electron chi connectivity index (χ3n) is 3.16. The van der Waals surface area contributed by atoms with Gasteiger partial charge in [0.25, 0.3) is 0 Å². The maximum Gasteiger partial charge on any atom is 0.239 e. The van der Waals surface area contributed by atoms with E-state index in [0.717, 1.165) is 32.2 Å². The monoisotopic (exact) mass is 212 g/mol. The van der Waals surface area contributed by atoms with Crippen molar-refractivity contribution < 1.29 is 4.79 Å². The lowest BCUT2D eigenvalue weighted by Crippen LogP contribution is -2.46. The molecule has 0 aromatic carbocycles. The first-order valence-corrected chi connectivity index (χ1v) is 6.12. The van der Waals surface area contributed by atoms with E-state index in [-0.39, 0.29) is 11.9 Å². The van der Waals surface area contributed by atoms with Crippen LogP contribution in [0.1, 0.15) is 46.5 Å². The van der Waals surface area contributed by atoms with E-state index in [2.05, 4.69) is 13.8 Å². The largest absolute Gasteiger partial charge is 0.338 e. The maximum atomic E-state index is 12.0. The molecule has 1 unspecified atom stereocenters. The molecule has 2 atom stereocenters. The zero-order chi connectivity index (χ0) is 11.4. The van der Waals surface area contributed by atoms with E-state index in [9.17, 15) is 4.79 Å². The Labute approximate surface area is 93.0 Å². The quantitative estimate of drug-likeness (QED) is 0.772. The normalized spacial score (nSPS) is 23.5. The summed E-state index contributed by atoms with van der Waals surface area (Å²) in [7, 11) is 0. The second kappa shape index (κ2) is 5.50. The molecule has 1 saturated heterocycles. The van der Waals surface area contributed by atoms with Gasteiger partial charge in [0.05, 0.1) is 6.04 Å². The summed E-state index contributed by atoms with van der Waals surface area (Å²) in [6, 6.07) is 0.146. The highest BCUT2D eigenvalue weighted by Gasteiger charge is 2.31. The van der Waals surface area contributed by atoms with Crippen LogP contribution < -0.4 is 5.73 Å². The molecule has 2 N–H and O–H groups in total. The molecule has 15 heavy (non-hydrogen) atoms. The minimum absolute atomic E-state index is 0.153. The molecule has 3 nitrogen and oxygen atoms in total. The van der Waals surface area contributed by atoms with Crippen LogP contribution in [-0.4, -0.2) is 29.4 Å². The number of amides is 1. The van der Waals surface area contributed by atoms with Gasteiger partial charge < -0.3 is 10.6 Å². The summed E-state index contributed by atoms with van der Waals surface area (Å²) >= 11 is 0. The second-order valence-electron chi connectivity index (χ2n) is 4.97. The highest BCUT2D eigenvalue weighted by molar-refractivity contribution is 5.82. The second-order valence-corrected chi connectivity index (χ2v) is 4.97. The van der Waals surface area contributed by atoms with Crippen LogP contribution in [0.25, 0.3) is 0 Å². The van der Waals surface area contributed by atoms with Gasteiger partial charge in [0.2, 0.25) is 5.91 Å². The van der Waals surface area contributed by atoms with Crippen molar-refractivity contribution in [3.63, 3.8) is 0 Å². The van der Waals surface area contributed by atoms with Crippen molar-refractivity contribution in [3.05, 3.63) is 0 Å². The predicted octanol–water partition coefficient (Wildman–Crippen LogP) is 1.76. The Hall–Kier alpha value is -0.570. The van der Waals surface area contributed by atoms with Crippen LogP contribution >= 0.6 is 0 Å². The highest BCUT2D eigenvalue weighted by atomic mass is 16.2. The number of hydrogen-bond donors (Lipinski definition) is 1. The van der Waals surface area contributed by atoms with Crippen LogP contribution in [0, 0.1) is 5.92 Å². The van der Waals surface area contributed by atoms with E-state index in [1.165, 1.54) is 0 Å². The van der Waals surface area contributed by atoms with Gasteiger partial charge in [-0.1, -0.05) is 20.8 Å². The van der Waals surface area contributed by atoms with Crippen molar-refractivity contribution in [2.24, 2.45) is 11.7 Å². The Morgan fingerprint density at radius 1 is 1.53 bits per heavy atom. The summed E-state index contributed by atoms with van der Waals surface area (Å²) in [5.41, 5.74) is 5.80. The van der Waals surface area contributed by atoms with E-state index < -0.39 is 0 Å². The number of hydrogen-bond acceptors (Lipinski definition) is 2. The summed E-state index contributed by atoms with van der Waals surface area (Å²) in [6.07, 6.45) is 4.14. The molecule has 1 fully saturated rings. The van der Waals surface area contributed by atoms with Gasteiger partial charge in [-0.2, -0.15) is 0 Å². The number of nitrogens with zero attached hydrogens (tertiary/aromatic N) is 1. The Morgan fingerprint density at radius 3 is 2.73 bits per heavy atom. The van der Waals surface area contributed by atoms with Gasteiger partial charge in [0, 0.05) is 12.6 Å². The SMILES string of the molecule is CC[C@H](N)C(=O)N1CCCC1CC(C)C. The number of rotatable bonds is 4. The molecule has 1 rings (SSSR count). The van der Waals surface area contributed by atoms with Crippen molar-refractivity contribution in [1.29, 1.82) is 0 Å². The maximum absolute atomic E-state index is 12.0. The lowest BCUT2D eigenvalue weighted by atomic mass is 10.0. The minimum atomic E-state index is -0.294. The van der Waals surface area contributed by atoms with Crippen molar-refractivity contribution in [3.8, 4) is 0 Å². The van der Waals surface area contributed by atoms with E-state index in [4.69, 9.17) is 5.73 Å². The van der Waals surface area contributed by atoms with Crippen molar-refractivity contribution in [2.75, 3.05) is 6.54 Å². The molecule has 0 aromatic rings. The molecule has 1 amide bonds. The van der Waals surface area contributed by atoms with Crippen LogP contribution in [-0.2, 0) is 4.79 Å². The lowest BCUT2D eigenvalue weighted by Gasteiger charge is -2.28. The van der Waals surface area contributed by atoms with Gasteiger partial charge in [0.1, 0.15) is 0 Å². The van der Waals surface area contributed by atoms with Gasteiger partial charge >= 0.3 is 0 Å². The van der Waals surface area contributed by atoms with E-state index in [1.54, 1.807) is 0 Å². The molecule has 1 aliphatic rings. The van der Waals surface area contributed by atoms with Gasteiger partial charge in [-0.3, -0.25) is 4.79 Å². The summed E-state index contributed by atoms with van der Waals surface area (Å²) in [5.74, 6) is 0.807. The first-order valence-electron chi connectivity index (χ1n) is 6.12. The average molecular weight is 212 g/mol. The average Bonchev–Trinajstić information content (AvgIpc) is 2.62. The summed E-state index contributed by atoms with van der Waals surface area (Å²) in [6.45, 7) is 7.29. The van der Waals surface area contributed by atoms with Crippen LogP contribution in [0.4, 0.5) is 0 Å². The van der Waals surface area contributed by atoms with E-state index in [0.29, 0.717) is 12.0 Å². The lowest BCUT2D eigenvalue weighted by molar-refractivity contribution is -0.133. The molecule has 0 bridgehead atoms. The molecule has 0 spiro atoms. The smallest absolute Gasteiger partial charge is 0.239 e. The zero-order valence-electron chi connectivity index (χ0n) is 10.2. The fraction of sp³-hybridized carbons (Fsp3) is 0.917. The first-order chi connectivity index (χ1) is 7.06. The third kappa shape index (κ3) is 3.20. The van der Waals surface area contributed by atoms with E-state index in [1.807, 2.05) is 11.8 Å². The molecule has 0 saturated carbocycles. The predicted molar refractivity (Wildman–Crippen MR) is 62.5 cm³/mol. The molecule has 88 valence electrons. The standard InChI is InChI=1S/C12H24N2O/c1-4-11(13)12(15)14-7-5-6-10(14)8-9(2)3/h9-11H,4-8,13H2,1-3H3/t10?,11-/m0/s1. The first kappa shape index (κ1) is 12.5. The molecular formula is C12H24N2O. The molecule has 0 aliphatic carbocycles. The molecule has 1 heterocycles.